The first-order valence-corrected chi connectivity index (χ1v) is 10.6. The maximum atomic E-state index is 13.3. The first kappa shape index (κ1) is 22.3. The minimum Gasteiger partial charge on any atom is -0.478 e. The normalized spacial score (nSPS) is 10.8. The third kappa shape index (κ3) is 4.81. The summed E-state index contributed by atoms with van der Waals surface area (Å²) in [6.45, 7) is 2.86. The molecule has 1 amide bonds. The molecule has 0 aliphatic heterocycles. The lowest BCUT2D eigenvalue weighted by molar-refractivity contribution is -0.114. The molecule has 7 heteroatoms. The van der Waals surface area contributed by atoms with Crippen molar-refractivity contribution in [3.63, 3.8) is 0 Å². The second kappa shape index (κ2) is 9.30. The first-order chi connectivity index (χ1) is 15.8. The smallest absolute Gasteiger partial charge is 0.235 e. The van der Waals surface area contributed by atoms with Crippen LogP contribution in [0.3, 0.4) is 0 Å². The Morgan fingerprint density at radius 1 is 1.03 bits per heavy atom. The summed E-state index contributed by atoms with van der Waals surface area (Å²) in [7, 11) is 0. The lowest BCUT2D eigenvalue weighted by Crippen LogP contribution is -2.17. The second-order valence-electron chi connectivity index (χ2n) is 7.52. The highest BCUT2D eigenvalue weighted by Gasteiger charge is 2.20. The van der Waals surface area contributed by atoms with Crippen molar-refractivity contribution in [3.05, 3.63) is 93.1 Å². The molecule has 1 aromatic heterocycles. The summed E-state index contributed by atoms with van der Waals surface area (Å²) in [6.07, 6.45) is 0. The Morgan fingerprint density at radius 3 is 2.39 bits per heavy atom. The molecular formula is C26H20ClNO5. The van der Waals surface area contributed by atoms with Crippen LogP contribution in [-0.4, -0.2) is 18.3 Å². The van der Waals surface area contributed by atoms with Crippen LogP contribution in [0.25, 0.3) is 22.3 Å². The Balaban J connectivity index is 1.69. The Bertz CT molecular complexity index is 1410. The van der Waals surface area contributed by atoms with Crippen LogP contribution in [-0.2, 0) is 4.79 Å². The number of aryl methyl sites for hydroxylation is 1. The van der Waals surface area contributed by atoms with Gasteiger partial charge in [-0.1, -0.05) is 41.9 Å². The van der Waals surface area contributed by atoms with Gasteiger partial charge in [0.25, 0.3) is 0 Å². The average molecular weight is 462 g/mol. The lowest BCUT2D eigenvalue weighted by atomic mass is 10.1. The zero-order valence-corrected chi connectivity index (χ0v) is 18.7. The second-order valence-corrected chi connectivity index (χ2v) is 7.93. The van der Waals surface area contributed by atoms with Gasteiger partial charge in [-0.05, 0) is 48.9 Å². The van der Waals surface area contributed by atoms with Crippen molar-refractivity contribution in [2.75, 3.05) is 11.9 Å². The number of rotatable bonds is 6. The average Bonchev–Trinajstić information content (AvgIpc) is 2.80. The molecular weight excluding hydrogens is 442 g/mol. The first-order valence-electron chi connectivity index (χ1n) is 10.2. The molecule has 6 nitrogen and oxygen atoms in total. The largest absolute Gasteiger partial charge is 0.478 e. The number of carbonyl (C=O) groups excluding carboxylic acids is 2. The van der Waals surface area contributed by atoms with Crippen molar-refractivity contribution in [2.45, 2.75) is 13.8 Å². The van der Waals surface area contributed by atoms with Crippen molar-refractivity contribution in [3.8, 4) is 17.1 Å². The van der Waals surface area contributed by atoms with Gasteiger partial charge in [0.1, 0.15) is 5.58 Å². The number of fused-ring (bicyclic) bond motifs is 1. The van der Waals surface area contributed by atoms with Crippen molar-refractivity contribution >= 4 is 39.9 Å². The van der Waals surface area contributed by atoms with E-state index in [-0.39, 0.29) is 35.2 Å². The number of halogens is 1. The van der Waals surface area contributed by atoms with E-state index < -0.39 is 5.43 Å². The van der Waals surface area contributed by atoms with Gasteiger partial charge in [0.2, 0.25) is 17.1 Å². The molecule has 0 aliphatic rings. The van der Waals surface area contributed by atoms with Gasteiger partial charge in [0.05, 0.1) is 5.39 Å². The predicted molar refractivity (Wildman–Crippen MR) is 128 cm³/mol. The van der Waals surface area contributed by atoms with Crippen LogP contribution >= 0.6 is 11.6 Å². The Labute approximate surface area is 194 Å². The summed E-state index contributed by atoms with van der Waals surface area (Å²) in [6, 6.07) is 18.7. The standard InChI is InChI=1S/C26H20ClNO5/c1-15-12-23-20(13-21(15)27)24(31)26(25(33-23)18-6-4-3-5-7-18)32-14-22(30)17-8-10-19(11-9-17)28-16(2)29/h3-13H,14H2,1-2H3,(H,28,29). The fourth-order valence-corrected chi connectivity index (χ4v) is 3.54. The van der Waals surface area contributed by atoms with Gasteiger partial charge >= 0.3 is 0 Å². The third-order valence-corrected chi connectivity index (χ3v) is 5.45. The molecule has 0 atom stereocenters. The summed E-state index contributed by atoms with van der Waals surface area (Å²) in [5, 5.41) is 3.35. The number of hydrogen-bond acceptors (Lipinski definition) is 5. The fraction of sp³-hybridized carbons (Fsp3) is 0.115. The highest BCUT2D eigenvalue weighted by atomic mass is 35.5. The van der Waals surface area contributed by atoms with Crippen LogP contribution in [0.15, 0.2) is 75.9 Å². The molecule has 0 radical (unpaired) electrons. The molecule has 0 spiro atoms. The molecule has 4 rings (SSSR count). The minimum atomic E-state index is -0.411. The molecule has 3 aromatic carbocycles. The number of carbonyl (C=O) groups is 2. The van der Waals surface area contributed by atoms with Crippen LogP contribution < -0.4 is 15.5 Å². The van der Waals surface area contributed by atoms with Gasteiger partial charge in [-0.25, -0.2) is 0 Å². The van der Waals surface area contributed by atoms with Crippen LogP contribution in [0.4, 0.5) is 5.69 Å². The molecule has 0 unspecified atom stereocenters. The number of hydrogen-bond donors (Lipinski definition) is 1. The molecule has 33 heavy (non-hydrogen) atoms. The third-order valence-electron chi connectivity index (χ3n) is 5.04. The van der Waals surface area contributed by atoms with Gasteiger partial charge < -0.3 is 14.5 Å². The Hall–Kier alpha value is -3.90. The molecule has 0 bridgehead atoms. The van der Waals surface area contributed by atoms with E-state index in [1.165, 1.54) is 6.92 Å². The number of nitrogens with one attached hydrogen (secondary N) is 1. The van der Waals surface area contributed by atoms with Crippen molar-refractivity contribution in [2.24, 2.45) is 0 Å². The minimum absolute atomic E-state index is 0.0585. The molecule has 166 valence electrons. The van der Waals surface area contributed by atoms with E-state index in [0.29, 0.717) is 27.4 Å². The number of ketones is 1. The highest BCUT2D eigenvalue weighted by Crippen LogP contribution is 2.32. The predicted octanol–water partition coefficient (Wildman–Crippen LogP) is 5.64. The lowest BCUT2D eigenvalue weighted by Gasteiger charge is -2.12. The quantitative estimate of drug-likeness (QED) is 0.375. The molecule has 0 fully saturated rings. The molecule has 4 aromatic rings. The van der Waals surface area contributed by atoms with E-state index in [1.54, 1.807) is 48.5 Å². The summed E-state index contributed by atoms with van der Waals surface area (Å²) in [4.78, 5) is 37.2. The van der Waals surface area contributed by atoms with E-state index >= 15 is 0 Å². The van der Waals surface area contributed by atoms with Crippen LogP contribution in [0.2, 0.25) is 5.02 Å². The van der Waals surface area contributed by atoms with E-state index in [9.17, 15) is 14.4 Å². The number of benzene rings is 3. The van der Waals surface area contributed by atoms with E-state index in [2.05, 4.69) is 5.32 Å². The topological polar surface area (TPSA) is 85.6 Å². The van der Waals surface area contributed by atoms with Gasteiger partial charge in [0.15, 0.2) is 18.2 Å². The van der Waals surface area contributed by atoms with Gasteiger partial charge in [-0.2, -0.15) is 0 Å². The summed E-state index contributed by atoms with van der Waals surface area (Å²) in [5.74, 6) is -0.352. The maximum absolute atomic E-state index is 13.3. The highest BCUT2D eigenvalue weighted by molar-refractivity contribution is 6.32. The van der Waals surface area contributed by atoms with E-state index in [1.807, 2.05) is 25.1 Å². The molecule has 0 aliphatic carbocycles. The summed E-state index contributed by atoms with van der Waals surface area (Å²) in [5.41, 5.74) is 2.35. The van der Waals surface area contributed by atoms with Crippen molar-refractivity contribution in [1.82, 2.24) is 0 Å². The van der Waals surface area contributed by atoms with Gasteiger partial charge in [-0.15, -0.1) is 0 Å². The van der Waals surface area contributed by atoms with Gasteiger partial charge in [-0.3, -0.25) is 14.4 Å². The number of amides is 1. The molecule has 1 N–H and O–H groups in total. The zero-order chi connectivity index (χ0) is 23.5. The molecule has 0 saturated heterocycles. The van der Waals surface area contributed by atoms with Crippen LogP contribution in [0.5, 0.6) is 5.75 Å². The number of ether oxygens (including phenoxy) is 1. The van der Waals surface area contributed by atoms with E-state index in [0.717, 1.165) is 5.56 Å². The molecule has 1 heterocycles. The SMILES string of the molecule is CC(=O)Nc1ccc(C(=O)COc2c(-c3ccccc3)oc3cc(C)c(Cl)cc3c2=O)cc1. The summed E-state index contributed by atoms with van der Waals surface area (Å²) >= 11 is 6.22. The van der Waals surface area contributed by atoms with E-state index in [4.69, 9.17) is 20.8 Å². The van der Waals surface area contributed by atoms with Crippen molar-refractivity contribution in [1.29, 1.82) is 0 Å². The number of anilines is 1. The van der Waals surface area contributed by atoms with Crippen LogP contribution in [0.1, 0.15) is 22.8 Å². The van der Waals surface area contributed by atoms with Crippen molar-refractivity contribution < 1.29 is 18.7 Å². The Kier molecular flexibility index (Phi) is 6.29. The van der Waals surface area contributed by atoms with Crippen LogP contribution in [0, 0.1) is 6.92 Å². The number of Topliss-reactive ketones (excluding diaryl/α,β-unsaturated/α-hetero) is 1. The summed E-state index contributed by atoms with van der Waals surface area (Å²) < 4.78 is 11.8. The van der Waals surface area contributed by atoms with Gasteiger partial charge in [0, 0.05) is 28.8 Å². The monoisotopic (exact) mass is 461 g/mol. The fourth-order valence-electron chi connectivity index (χ4n) is 3.37. The zero-order valence-electron chi connectivity index (χ0n) is 18.0. The maximum Gasteiger partial charge on any atom is 0.235 e. The molecule has 0 saturated carbocycles. The Morgan fingerprint density at radius 2 is 1.73 bits per heavy atom.